The molecule has 0 atom stereocenters. The number of hydrogen-bond donors (Lipinski definition) is 2. The molecule has 1 aromatic rings. The van der Waals surface area contributed by atoms with E-state index in [1.54, 1.807) is 0 Å². The summed E-state index contributed by atoms with van der Waals surface area (Å²) < 4.78 is 4.02. The lowest BCUT2D eigenvalue weighted by atomic mass is 10.6. The molecule has 0 spiro atoms. The normalized spacial score (nSPS) is 9.14. The summed E-state index contributed by atoms with van der Waals surface area (Å²) >= 11 is 0. The van der Waals surface area contributed by atoms with Crippen molar-refractivity contribution in [3.8, 4) is 11.7 Å². The summed E-state index contributed by atoms with van der Waals surface area (Å²) in [4.78, 5) is 0. The predicted octanol–water partition coefficient (Wildman–Crippen LogP) is 0.0858. The van der Waals surface area contributed by atoms with E-state index in [2.05, 4.69) is 9.68 Å². The van der Waals surface area contributed by atoms with Crippen LogP contribution in [0.5, 0.6) is 11.7 Å². The lowest BCUT2D eigenvalue weighted by Crippen LogP contribution is -1.50. The van der Waals surface area contributed by atoms with Crippen LogP contribution in [0.3, 0.4) is 0 Å². The van der Waals surface area contributed by atoms with Crippen LogP contribution in [0.25, 0.3) is 0 Å². The fourth-order valence-electron chi connectivity index (χ4n) is 0.228. The Kier molecular flexibility index (Phi) is 0.651. The van der Waals surface area contributed by atoms with Crippen molar-refractivity contribution >= 4 is 0 Å². The van der Waals surface area contributed by atoms with Crippen molar-refractivity contribution in [2.45, 2.75) is 0 Å². The summed E-state index contributed by atoms with van der Waals surface area (Å²) in [5, 5.41) is 19.7. The second-order valence-corrected chi connectivity index (χ2v) is 1.02. The van der Waals surface area contributed by atoms with Crippen LogP contribution in [0.2, 0.25) is 0 Å². The van der Waals surface area contributed by atoms with Gasteiger partial charge in [0.05, 0.1) is 0 Å². The predicted molar refractivity (Wildman–Crippen MR) is 19.8 cm³/mol. The van der Waals surface area contributed by atoms with Gasteiger partial charge in [-0.25, -0.2) is 0 Å². The second kappa shape index (κ2) is 1.14. The Bertz CT molecular complexity index is 142. The first kappa shape index (κ1) is 3.98. The summed E-state index contributed by atoms with van der Waals surface area (Å²) in [6, 6.07) is 0. The third kappa shape index (κ3) is 0.489. The van der Waals surface area contributed by atoms with Crippen LogP contribution in [0, 0.1) is 0 Å². The fraction of sp³-hybridized carbons (Fsp3) is 0. The quantitative estimate of drug-likeness (QED) is 0.485. The average molecular weight is 101 g/mol. The molecule has 0 saturated heterocycles. The standard InChI is InChI=1S/C3H3NO3/c5-2-1-4-7-3(2)6/h1,5-6H. The molecule has 0 amide bonds. The Morgan fingerprint density at radius 2 is 2.29 bits per heavy atom. The lowest BCUT2D eigenvalue weighted by molar-refractivity contribution is 0.264. The van der Waals surface area contributed by atoms with Gasteiger partial charge in [-0.1, -0.05) is 5.16 Å². The molecule has 4 nitrogen and oxygen atoms in total. The van der Waals surface area contributed by atoms with Gasteiger partial charge in [0.2, 0.25) is 5.75 Å². The maximum Gasteiger partial charge on any atom is 0.351 e. The molecule has 7 heavy (non-hydrogen) atoms. The Morgan fingerprint density at radius 1 is 1.57 bits per heavy atom. The Labute approximate surface area is 39.0 Å². The van der Waals surface area contributed by atoms with Crippen molar-refractivity contribution in [3.05, 3.63) is 6.20 Å². The fourth-order valence-corrected chi connectivity index (χ4v) is 0.228. The molecule has 1 rings (SSSR count). The summed E-state index contributed by atoms with van der Waals surface area (Å²) in [5.74, 6) is -0.875. The van der Waals surface area contributed by atoms with Crippen molar-refractivity contribution in [3.63, 3.8) is 0 Å². The average Bonchev–Trinajstić information content (AvgIpc) is 1.91. The van der Waals surface area contributed by atoms with Gasteiger partial charge in [-0.3, -0.25) is 0 Å². The van der Waals surface area contributed by atoms with Crippen molar-refractivity contribution in [2.75, 3.05) is 0 Å². The van der Waals surface area contributed by atoms with E-state index in [1.165, 1.54) is 0 Å². The van der Waals surface area contributed by atoms with Gasteiger partial charge in [0.1, 0.15) is 6.20 Å². The molecule has 0 aromatic carbocycles. The molecular formula is C3H3NO3. The summed E-state index contributed by atoms with van der Waals surface area (Å²) in [5.41, 5.74) is 0. The van der Waals surface area contributed by atoms with Gasteiger partial charge in [-0.05, 0) is 0 Å². The van der Waals surface area contributed by atoms with E-state index >= 15 is 0 Å². The lowest BCUT2D eigenvalue weighted by Gasteiger charge is -1.74. The number of rotatable bonds is 0. The van der Waals surface area contributed by atoms with Gasteiger partial charge in [-0.2, -0.15) is 0 Å². The molecule has 1 heterocycles. The van der Waals surface area contributed by atoms with E-state index < -0.39 is 5.95 Å². The van der Waals surface area contributed by atoms with Crippen LogP contribution in [-0.2, 0) is 0 Å². The zero-order valence-electron chi connectivity index (χ0n) is 3.33. The molecule has 0 aliphatic carbocycles. The first-order valence-corrected chi connectivity index (χ1v) is 1.63. The maximum absolute atomic E-state index is 8.35. The van der Waals surface area contributed by atoms with E-state index in [0.717, 1.165) is 6.20 Å². The van der Waals surface area contributed by atoms with Crippen molar-refractivity contribution in [1.29, 1.82) is 0 Å². The number of aromatic hydroxyl groups is 2. The molecule has 0 saturated carbocycles. The minimum absolute atomic E-state index is 0.333. The van der Waals surface area contributed by atoms with Crippen LogP contribution in [-0.4, -0.2) is 15.4 Å². The molecule has 0 bridgehead atoms. The van der Waals surface area contributed by atoms with E-state index in [4.69, 9.17) is 10.2 Å². The van der Waals surface area contributed by atoms with Crippen LogP contribution in [0.1, 0.15) is 0 Å². The van der Waals surface area contributed by atoms with Gasteiger partial charge in [0.15, 0.2) is 0 Å². The highest BCUT2D eigenvalue weighted by molar-refractivity contribution is 5.22. The highest BCUT2D eigenvalue weighted by atomic mass is 16.6. The molecule has 38 valence electrons. The number of aromatic nitrogens is 1. The van der Waals surface area contributed by atoms with Crippen LogP contribution >= 0.6 is 0 Å². The van der Waals surface area contributed by atoms with Crippen molar-refractivity contribution in [1.82, 2.24) is 5.16 Å². The van der Waals surface area contributed by atoms with Gasteiger partial charge < -0.3 is 14.7 Å². The molecule has 0 fully saturated rings. The minimum Gasteiger partial charge on any atom is -0.501 e. The molecule has 1 aromatic heterocycles. The maximum atomic E-state index is 8.35. The molecule has 0 aliphatic rings. The highest BCUT2D eigenvalue weighted by Gasteiger charge is 1.98. The summed E-state index contributed by atoms with van der Waals surface area (Å²) in [7, 11) is 0. The monoisotopic (exact) mass is 101 g/mol. The van der Waals surface area contributed by atoms with E-state index in [0.29, 0.717) is 0 Å². The van der Waals surface area contributed by atoms with Crippen molar-refractivity contribution in [2.24, 2.45) is 0 Å². The second-order valence-electron chi connectivity index (χ2n) is 1.02. The van der Waals surface area contributed by atoms with Crippen LogP contribution in [0.4, 0.5) is 0 Å². The molecular weight excluding hydrogens is 98.0 g/mol. The number of hydrogen-bond acceptors (Lipinski definition) is 4. The van der Waals surface area contributed by atoms with Crippen LogP contribution in [0.15, 0.2) is 10.7 Å². The van der Waals surface area contributed by atoms with E-state index in [-0.39, 0.29) is 5.75 Å². The Balaban J connectivity index is 3.12. The number of nitrogens with zero attached hydrogens (tertiary/aromatic N) is 1. The molecule has 4 heteroatoms. The van der Waals surface area contributed by atoms with E-state index in [1.807, 2.05) is 0 Å². The third-order valence-corrected chi connectivity index (χ3v) is 0.533. The summed E-state index contributed by atoms with van der Waals surface area (Å²) in [6.07, 6.45) is 1.01. The summed E-state index contributed by atoms with van der Waals surface area (Å²) in [6.45, 7) is 0. The molecule has 2 N–H and O–H groups in total. The Hall–Kier alpha value is -1.19. The SMILES string of the molecule is Oc1cnoc1O. The van der Waals surface area contributed by atoms with Gasteiger partial charge >= 0.3 is 5.95 Å². The van der Waals surface area contributed by atoms with Gasteiger partial charge in [-0.15, -0.1) is 0 Å². The largest absolute Gasteiger partial charge is 0.501 e. The zero-order valence-corrected chi connectivity index (χ0v) is 3.33. The van der Waals surface area contributed by atoms with Crippen molar-refractivity contribution < 1.29 is 14.7 Å². The van der Waals surface area contributed by atoms with Crippen LogP contribution < -0.4 is 0 Å². The highest BCUT2D eigenvalue weighted by Crippen LogP contribution is 2.20. The molecule has 0 radical (unpaired) electrons. The smallest absolute Gasteiger partial charge is 0.351 e. The minimum atomic E-state index is -0.542. The zero-order chi connectivity index (χ0) is 5.28. The van der Waals surface area contributed by atoms with E-state index in [9.17, 15) is 0 Å². The first-order chi connectivity index (χ1) is 3.30. The molecule has 0 aliphatic heterocycles. The topological polar surface area (TPSA) is 66.5 Å². The third-order valence-electron chi connectivity index (χ3n) is 0.533. The van der Waals surface area contributed by atoms with Gasteiger partial charge in [0, 0.05) is 0 Å². The Morgan fingerprint density at radius 3 is 2.43 bits per heavy atom. The molecule has 0 unspecified atom stereocenters. The first-order valence-electron chi connectivity index (χ1n) is 1.63. The van der Waals surface area contributed by atoms with Gasteiger partial charge in [0.25, 0.3) is 0 Å².